The number of amides is 3. The van der Waals surface area contributed by atoms with E-state index in [0.29, 0.717) is 30.4 Å². The molecule has 2 saturated heterocycles. The fraction of sp³-hybridized carbons (Fsp3) is 0.393. The minimum absolute atomic E-state index is 0.0217. The van der Waals surface area contributed by atoms with Gasteiger partial charge < -0.3 is 15.1 Å². The van der Waals surface area contributed by atoms with Crippen molar-refractivity contribution < 1.29 is 19.2 Å². The van der Waals surface area contributed by atoms with Crippen LogP contribution in [-0.4, -0.2) is 79.5 Å². The normalized spacial score (nSPS) is 19.6. The van der Waals surface area contributed by atoms with Gasteiger partial charge in [0.15, 0.2) is 5.78 Å². The second-order valence-electron chi connectivity index (χ2n) is 10.3. The average molecular weight is 515 g/mol. The van der Waals surface area contributed by atoms with E-state index in [0.717, 1.165) is 5.56 Å². The molecule has 3 aromatic rings. The molecule has 38 heavy (non-hydrogen) atoms. The van der Waals surface area contributed by atoms with Crippen LogP contribution in [0.25, 0.3) is 11.0 Å². The summed E-state index contributed by atoms with van der Waals surface area (Å²) in [5.74, 6) is -1.01. The average Bonchev–Trinajstić information content (AvgIpc) is 3.49. The summed E-state index contributed by atoms with van der Waals surface area (Å²) in [4.78, 5) is 68.8. The molecule has 5 rings (SSSR count). The van der Waals surface area contributed by atoms with Crippen molar-refractivity contribution in [1.29, 1.82) is 0 Å². The Kier molecular flexibility index (Phi) is 7.13. The lowest BCUT2D eigenvalue weighted by Gasteiger charge is -2.29. The number of carbonyl (C=O) groups is 4. The molecule has 2 aromatic heterocycles. The lowest BCUT2D eigenvalue weighted by Crippen LogP contribution is -2.53. The van der Waals surface area contributed by atoms with Gasteiger partial charge in [0.1, 0.15) is 17.8 Å². The quantitative estimate of drug-likeness (QED) is 0.510. The van der Waals surface area contributed by atoms with Crippen LogP contribution in [0.2, 0.25) is 0 Å². The van der Waals surface area contributed by atoms with Crippen molar-refractivity contribution in [2.75, 3.05) is 13.1 Å². The number of ketones is 1. The Morgan fingerprint density at radius 1 is 1.05 bits per heavy atom. The maximum Gasteiger partial charge on any atom is 0.272 e. The smallest absolute Gasteiger partial charge is 0.272 e. The fourth-order valence-electron chi connectivity index (χ4n) is 5.36. The molecule has 196 valence electrons. The minimum atomic E-state index is -0.831. The highest BCUT2D eigenvalue weighted by atomic mass is 16.2. The monoisotopic (exact) mass is 514 g/mol. The van der Waals surface area contributed by atoms with Crippen molar-refractivity contribution in [2.45, 2.75) is 51.2 Å². The Hall–Kier alpha value is -4.21. The third-order valence-corrected chi connectivity index (χ3v) is 7.10. The van der Waals surface area contributed by atoms with Crippen LogP contribution in [0.15, 0.2) is 55.0 Å². The summed E-state index contributed by atoms with van der Waals surface area (Å²) in [5, 5.41) is 2.84. The van der Waals surface area contributed by atoms with Crippen molar-refractivity contribution in [3.8, 4) is 0 Å². The summed E-state index contributed by atoms with van der Waals surface area (Å²) in [7, 11) is 0. The van der Waals surface area contributed by atoms with Crippen LogP contribution in [0.4, 0.5) is 0 Å². The van der Waals surface area contributed by atoms with Gasteiger partial charge >= 0.3 is 0 Å². The molecule has 2 fully saturated rings. The fourth-order valence-corrected chi connectivity index (χ4v) is 5.36. The number of nitrogens with one attached hydrogen (secondary N) is 1. The Labute approximate surface area is 220 Å². The highest BCUT2D eigenvalue weighted by Crippen LogP contribution is 2.31. The molecule has 10 heteroatoms. The van der Waals surface area contributed by atoms with E-state index >= 15 is 0 Å². The van der Waals surface area contributed by atoms with E-state index in [1.807, 2.05) is 38.1 Å². The maximum atomic E-state index is 13.7. The molecule has 10 nitrogen and oxygen atoms in total. The molecule has 1 N–H and O–H groups in total. The van der Waals surface area contributed by atoms with Crippen LogP contribution in [0, 0.1) is 5.92 Å². The molecule has 3 atom stereocenters. The lowest BCUT2D eigenvalue weighted by molar-refractivity contribution is -0.138. The number of pyridine rings is 1. The molecule has 1 aromatic carbocycles. The van der Waals surface area contributed by atoms with Gasteiger partial charge in [-0.05, 0) is 42.5 Å². The van der Waals surface area contributed by atoms with Crippen molar-refractivity contribution >= 4 is 34.5 Å². The van der Waals surface area contributed by atoms with E-state index in [1.54, 1.807) is 34.3 Å². The van der Waals surface area contributed by atoms with Crippen molar-refractivity contribution in [2.24, 2.45) is 5.92 Å². The molecule has 2 aliphatic rings. The van der Waals surface area contributed by atoms with Gasteiger partial charge in [0.05, 0.1) is 36.2 Å². The number of carbonyl (C=O) groups excluding carboxylic acids is 4. The predicted molar refractivity (Wildman–Crippen MR) is 139 cm³/mol. The van der Waals surface area contributed by atoms with Crippen molar-refractivity contribution in [3.63, 3.8) is 0 Å². The van der Waals surface area contributed by atoms with Crippen molar-refractivity contribution in [3.05, 3.63) is 66.2 Å². The van der Waals surface area contributed by atoms with Crippen molar-refractivity contribution in [1.82, 2.24) is 30.1 Å². The van der Waals surface area contributed by atoms with E-state index in [1.165, 1.54) is 6.20 Å². The van der Waals surface area contributed by atoms with Gasteiger partial charge in [-0.2, -0.15) is 0 Å². The highest BCUT2D eigenvalue weighted by molar-refractivity contribution is 6.00. The predicted octanol–water partition coefficient (Wildman–Crippen LogP) is 1.79. The summed E-state index contributed by atoms with van der Waals surface area (Å²) in [6, 6.07) is 8.93. The standard InChI is InChI=1S/C28H30N6O4/c1-17(2)12-21(32-27(37)22-15-30-19-7-3-4-8-20(19)31-22)28(38)33-11-9-23-26(33)24(35)16-34(23)25(36)13-18-6-5-10-29-14-18/h3-8,10,14-15,17,21,23,26H,9,11-13,16H2,1-2H3,(H,32,37). The number of hydrogen-bond acceptors (Lipinski definition) is 7. The molecule has 0 spiro atoms. The third-order valence-electron chi connectivity index (χ3n) is 7.10. The second kappa shape index (κ2) is 10.6. The number of fused-ring (bicyclic) bond motifs is 2. The minimum Gasteiger partial charge on any atom is -0.339 e. The molecule has 2 aliphatic heterocycles. The summed E-state index contributed by atoms with van der Waals surface area (Å²) in [6.45, 7) is 4.26. The Balaban J connectivity index is 1.31. The second-order valence-corrected chi connectivity index (χ2v) is 10.3. The Morgan fingerprint density at radius 2 is 1.84 bits per heavy atom. The van der Waals surface area contributed by atoms with Gasteiger partial charge in [0.25, 0.3) is 5.91 Å². The first-order valence-corrected chi connectivity index (χ1v) is 12.9. The zero-order valence-electron chi connectivity index (χ0n) is 21.4. The number of para-hydroxylation sites is 2. The summed E-state index contributed by atoms with van der Waals surface area (Å²) >= 11 is 0. The zero-order chi connectivity index (χ0) is 26.8. The molecular formula is C28H30N6O4. The number of nitrogens with zero attached hydrogens (tertiary/aromatic N) is 5. The molecular weight excluding hydrogens is 484 g/mol. The Morgan fingerprint density at radius 3 is 2.58 bits per heavy atom. The summed E-state index contributed by atoms with van der Waals surface area (Å²) in [5.41, 5.74) is 2.15. The largest absolute Gasteiger partial charge is 0.339 e. The first-order valence-electron chi connectivity index (χ1n) is 12.9. The molecule has 3 amide bonds. The summed E-state index contributed by atoms with van der Waals surface area (Å²) in [6.07, 6.45) is 5.74. The van der Waals surface area contributed by atoms with Gasteiger partial charge in [0, 0.05) is 18.9 Å². The van der Waals surface area contributed by atoms with Crippen LogP contribution >= 0.6 is 0 Å². The lowest BCUT2D eigenvalue weighted by atomic mass is 10.0. The summed E-state index contributed by atoms with van der Waals surface area (Å²) < 4.78 is 0. The van der Waals surface area contributed by atoms with E-state index in [9.17, 15) is 19.2 Å². The van der Waals surface area contributed by atoms with E-state index in [4.69, 9.17) is 0 Å². The number of likely N-dealkylation sites (tertiary alicyclic amines) is 2. The number of aromatic nitrogens is 3. The van der Waals surface area contributed by atoms with E-state index in [-0.39, 0.29) is 48.2 Å². The van der Waals surface area contributed by atoms with Gasteiger partial charge in [0.2, 0.25) is 11.8 Å². The van der Waals surface area contributed by atoms with Crippen LogP contribution in [0.1, 0.15) is 42.7 Å². The van der Waals surface area contributed by atoms with Crippen LogP contribution in [0.5, 0.6) is 0 Å². The maximum absolute atomic E-state index is 13.7. The van der Waals surface area contributed by atoms with Crippen LogP contribution in [0.3, 0.4) is 0 Å². The van der Waals surface area contributed by atoms with Gasteiger partial charge in [-0.15, -0.1) is 0 Å². The van der Waals surface area contributed by atoms with Crippen LogP contribution < -0.4 is 5.32 Å². The highest BCUT2D eigenvalue weighted by Gasteiger charge is 2.52. The molecule has 0 bridgehead atoms. The van der Waals surface area contributed by atoms with E-state index in [2.05, 4.69) is 20.3 Å². The number of benzene rings is 1. The number of rotatable bonds is 7. The zero-order valence-corrected chi connectivity index (χ0v) is 21.4. The Bertz CT molecular complexity index is 1380. The number of hydrogen-bond donors (Lipinski definition) is 1. The van der Waals surface area contributed by atoms with E-state index < -0.39 is 18.0 Å². The molecule has 0 aliphatic carbocycles. The third kappa shape index (κ3) is 5.11. The van der Waals surface area contributed by atoms with Crippen LogP contribution in [-0.2, 0) is 20.8 Å². The topological polar surface area (TPSA) is 125 Å². The molecule has 3 unspecified atom stereocenters. The first-order chi connectivity index (χ1) is 18.3. The SMILES string of the molecule is CC(C)CC(NC(=O)c1cnc2ccccc2n1)C(=O)N1CCC2C1C(=O)CN2C(=O)Cc1cccnc1. The van der Waals surface area contributed by atoms with Gasteiger partial charge in [-0.25, -0.2) is 4.98 Å². The number of Topliss-reactive ketones (excluding diaryl/α,β-unsaturated/α-hetero) is 1. The van der Waals surface area contributed by atoms with Gasteiger partial charge in [-0.1, -0.05) is 32.0 Å². The van der Waals surface area contributed by atoms with Gasteiger partial charge in [-0.3, -0.25) is 29.1 Å². The molecule has 0 radical (unpaired) electrons. The molecule has 0 saturated carbocycles. The molecule has 4 heterocycles. The first kappa shape index (κ1) is 25.4.